The number of allylic oxidation sites excluding steroid dienone is 1. The topological polar surface area (TPSA) is 156 Å². The summed E-state index contributed by atoms with van der Waals surface area (Å²) in [7, 11) is -2.40. The zero-order chi connectivity index (χ0) is 40.3. The molecule has 6 atom stereocenters. The maximum Gasteiger partial charge on any atom is 0.408 e. The normalized spacial score (nSPS) is 27.0. The molecule has 0 radical (unpaired) electrons. The molecule has 2 saturated carbocycles. The van der Waals surface area contributed by atoms with Crippen molar-refractivity contribution in [3.8, 4) is 22.8 Å². The van der Waals surface area contributed by atoms with Crippen molar-refractivity contribution in [1.29, 1.82) is 0 Å². The summed E-state index contributed by atoms with van der Waals surface area (Å²) in [5, 5.41) is 7.16. The van der Waals surface area contributed by atoms with Crippen LogP contribution < -0.4 is 20.1 Å². The highest BCUT2D eigenvalue weighted by molar-refractivity contribution is 7.59. The molecule has 306 valence electrons. The van der Waals surface area contributed by atoms with Gasteiger partial charge in [0.1, 0.15) is 41.1 Å². The van der Waals surface area contributed by atoms with Gasteiger partial charge in [0.05, 0.1) is 31.0 Å². The standard InChI is InChI=1S/C44H51N4O8PS/c1-54-32-20-21-35-38(23-32)45-37(29-13-6-5-7-14-29)25-40(35)55-33-24-39-41(49)47-44(57(52,53)28-34-18-12-22-58-34)26-30(44)15-8-3-2-4-9-19-36(42(50)48(39)27-33)46-43(51)56-31-16-10-11-17-31/h5-8,12-15,18,20-23,25,30-31,33,36,39H,2-4,9-11,16-17,19,24,26-28H2,1H3,(H,46,51)(H,47,49)(H,52,53)/b15-8-/t30-,33-,36+,39+,44+/m1/s1. The van der Waals surface area contributed by atoms with Gasteiger partial charge in [-0.2, -0.15) is 0 Å². The number of rotatable bonds is 9. The third kappa shape index (κ3) is 8.67. The van der Waals surface area contributed by atoms with E-state index in [0.29, 0.717) is 42.0 Å². The summed E-state index contributed by atoms with van der Waals surface area (Å²) in [6.07, 6.45) is 9.95. The molecule has 2 aliphatic carbocycles. The summed E-state index contributed by atoms with van der Waals surface area (Å²) >= 11 is 1.41. The maximum atomic E-state index is 14.8. The molecule has 0 bridgehead atoms. The first-order valence-electron chi connectivity index (χ1n) is 20.4. The molecule has 4 aromatic rings. The average Bonchev–Trinajstić information content (AvgIpc) is 3.68. The van der Waals surface area contributed by atoms with Crippen LogP contribution in [0.2, 0.25) is 0 Å². The summed E-state index contributed by atoms with van der Waals surface area (Å²) < 4.78 is 32.4. The van der Waals surface area contributed by atoms with Crippen molar-refractivity contribution in [3.63, 3.8) is 0 Å². The molecule has 1 unspecified atom stereocenters. The number of ether oxygens (including phenoxy) is 3. The Morgan fingerprint density at radius 3 is 2.60 bits per heavy atom. The molecular formula is C44H51N4O8PS. The zero-order valence-corrected chi connectivity index (χ0v) is 34.4. The van der Waals surface area contributed by atoms with Gasteiger partial charge in [-0.25, -0.2) is 9.78 Å². The van der Waals surface area contributed by atoms with Gasteiger partial charge in [0.15, 0.2) is 0 Å². The van der Waals surface area contributed by atoms with Crippen LogP contribution in [-0.2, 0) is 25.1 Å². The minimum absolute atomic E-state index is 0.0513. The first kappa shape index (κ1) is 40.1. The molecule has 4 aliphatic rings. The van der Waals surface area contributed by atoms with Crippen molar-refractivity contribution in [2.45, 2.75) is 106 Å². The van der Waals surface area contributed by atoms with Crippen molar-refractivity contribution in [1.82, 2.24) is 20.5 Å². The second-order valence-electron chi connectivity index (χ2n) is 16.0. The quantitative estimate of drug-likeness (QED) is 0.112. The number of carbonyl (C=O) groups excluding carboxylic acids is 3. The monoisotopic (exact) mass is 826 g/mol. The number of carbonyl (C=O) groups is 3. The number of pyridine rings is 1. The van der Waals surface area contributed by atoms with Gasteiger partial charge in [-0.05, 0) is 74.9 Å². The van der Waals surface area contributed by atoms with Gasteiger partial charge in [-0.15, -0.1) is 11.3 Å². The predicted molar refractivity (Wildman–Crippen MR) is 223 cm³/mol. The molecule has 2 aromatic carbocycles. The second-order valence-corrected chi connectivity index (χ2v) is 19.5. The van der Waals surface area contributed by atoms with Crippen LogP contribution >= 0.6 is 18.7 Å². The Labute approximate surface area is 342 Å². The van der Waals surface area contributed by atoms with E-state index < -0.39 is 48.7 Å². The van der Waals surface area contributed by atoms with Crippen LogP contribution in [-0.4, -0.2) is 75.9 Å². The number of amides is 3. The molecule has 14 heteroatoms. The molecule has 4 heterocycles. The molecule has 3 fully saturated rings. The van der Waals surface area contributed by atoms with Gasteiger partial charge in [-0.1, -0.05) is 61.4 Å². The van der Waals surface area contributed by atoms with E-state index in [0.717, 1.165) is 60.8 Å². The van der Waals surface area contributed by atoms with Crippen molar-refractivity contribution < 1.29 is 38.1 Å². The molecule has 58 heavy (non-hydrogen) atoms. The van der Waals surface area contributed by atoms with Crippen LogP contribution in [0, 0.1) is 5.92 Å². The fourth-order valence-electron chi connectivity index (χ4n) is 8.74. The molecule has 0 spiro atoms. The van der Waals surface area contributed by atoms with E-state index in [9.17, 15) is 23.8 Å². The largest absolute Gasteiger partial charge is 0.497 e. The number of alkyl carbamates (subject to hydrolysis) is 1. The molecule has 12 nitrogen and oxygen atoms in total. The zero-order valence-electron chi connectivity index (χ0n) is 32.7. The van der Waals surface area contributed by atoms with Crippen LogP contribution in [0.4, 0.5) is 4.79 Å². The lowest BCUT2D eigenvalue weighted by Gasteiger charge is -2.31. The fourth-order valence-corrected chi connectivity index (χ4v) is 12.2. The molecule has 3 amide bonds. The number of aromatic nitrogens is 1. The Morgan fingerprint density at radius 2 is 1.83 bits per heavy atom. The Morgan fingerprint density at radius 1 is 1.02 bits per heavy atom. The average molecular weight is 827 g/mol. The maximum absolute atomic E-state index is 14.8. The summed E-state index contributed by atoms with van der Waals surface area (Å²) in [5.74, 6) is -0.0955. The molecule has 2 aromatic heterocycles. The number of nitrogens with one attached hydrogen (secondary N) is 2. The van der Waals surface area contributed by atoms with E-state index in [1.54, 1.807) is 7.11 Å². The van der Waals surface area contributed by atoms with Crippen molar-refractivity contribution in [2.24, 2.45) is 5.92 Å². The van der Waals surface area contributed by atoms with Gasteiger partial charge in [0, 0.05) is 40.3 Å². The third-order valence-corrected chi connectivity index (χ3v) is 15.7. The molecule has 1 saturated heterocycles. The van der Waals surface area contributed by atoms with Crippen LogP contribution in [0.15, 0.2) is 84.3 Å². The minimum Gasteiger partial charge on any atom is -0.497 e. The predicted octanol–water partition coefficient (Wildman–Crippen LogP) is 8.18. The van der Waals surface area contributed by atoms with Gasteiger partial charge in [0.2, 0.25) is 19.2 Å². The van der Waals surface area contributed by atoms with Gasteiger partial charge < -0.3 is 34.6 Å². The van der Waals surface area contributed by atoms with Crippen LogP contribution in [0.25, 0.3) is 22.2 Å². The Balaban J connectivity index is 1.13. The number of benzene rings is 2. The van der Waals surface area contributed by atoms with E-state index >= 15 is 0 Å². The van der Waals surface area contributed by atoms with Gasteiger partial charge in [0.25, 0.3) is 0 Å². The Kier molecular flexibility index (Phi) is 11.9. The number of fused-ring (bicyclic) bond motifs is 3. The molecule has 3 N–H and O–H groups in total. The number of hydrogen-bond donors (Lipinski definition) is 3. The van der Waals surface area contributed by atoms with Crippen LogP contribution in [0.5, 0.6) is 11.5 Å². The van der Waals surface area contributed by atoms with E-state index in [1.165, 1.54) is 16.2 Å². The highest BCUT2D eigenvalue weighted by Gasteiger charge is 2.66. The van der Waals surface area contributed by atoms with Crippen LogP contribution in [0.3, 0.4) is 0 Å². The van der Waals surface area contributed by atoms with Crippen molar-refractivity contribution in [2.75, 3.05) is 13.7 Å². The summed E-state index contributed by atoms with van der Waals surface area (Å²) in [6.45, 7) is 0.0513. The number of hydrogen-bond acceptors (Lipinski definition) is 9. The van der Waals surface area contributed by atoms with Crippen molar-refractivity contribution >= 4 is 47.5 Å². The van der Waals surface area contributed by atoms with Gasteiger partial charge >= 0.3 is 6.09 Å². The van der Waals surface area contributed by atoms with Crippen LogP contribution in [0.1, 0.15) is 75.5 Å². The highest BCUT2D eigenvalue weighted by Crippen LogP contribution is 2.71. The number of methoxy groups -OCH3 is 1. The third-order valence-electron chi connectivity index (χ3n) is 12.0. The van der Waals surface area contributed by atoms with E-state index in [1.807, 2.05) is 84.3 Å². The molecule has 2 aliphatic heterocycles. The number of thiophene rings is 1. The molecular weight excluding hydrogens is 776 g/mol. The minimum atomic E-state index is -4.00. The van der Waals surface area contributed by atoms with Crippen molar-refractivity contribution in [3.05, 3.63) is 89.1 Å². The fraction of sp³-hybridized carbons (Fsp3) is 0.455. The summed E-state index contributed by atoms with van der Waals surface area (Å²) in [4.78, 5) is 61.7. The highest BCUT2D eigenvalue weighted by atomic mass is 32.1. The molecule has 8 rings (SSSR count). The lowest BCUT2D eigenvalue weighted by molar-refractivity contribution is -0.140. The van der Waals surface area contributed by atoms with E-state index in [2.05, 4.69) is 10.6 Å². The summed E-state index contributed by atoms with van der Waals surface area (Å²) in [5.41, 5.74) is 2.22. The first-order valence-corrected chi connectivity index (χ1v) is 23.2. The smallest absolute Gasteiger partial charge is 0.408 e. The first-order chi connectivity index (χ1) is 28.1. The SMILES string of the molecule is COc1ccc2c(O[C@@H]3C[C@H]4C(=O)N[C@]5(P(=O)(O)Cc6cccs6)C[C@H]5/C=C\CCCCC[C@H](NC(=O)OC5CCCC5)C(=O)N4C3)cc(-c3ccccc3)nc2c1. The lowest BCUT2D eigenvalue weighted by atomic mass is 10.0. The van der Waals surface area contributed by atoms with E-state index in [4.69, 9.17) is 19.2 Å². The van der Waals surface area contributed by atoms with E-state index in [-0.39, 0.29) is 31.1 Å². The van der Waals surface area contributed by atoms with Gasteiger partial charge in [-0.3, -0.25) is 14.2 Å². The lowest BCUT2D eigenvalue weighted by Crippen LogP contribution is -2.55. The Hall–Kier alpha value is -4.71. The summed E-state index contributed by atoms with van der Waals surface area (Å²) in [6, 6.07) is 18.9. The number of nitrogens with zero attached hydrogens (tertiary/aromatic N) is 2. The second kappa shape index (κ2) is 17.3. The Bertz CT molecular complexity index is 2200.